The Labute approximate surface area is 94.1 Å². The van der Waals surface area contributed by atoms with Crippen molar-refractivity contribution in [1.82, 2.24) is 0 Å². The predicted molar refractivity (Wildman–Crippen MR) is 57.6 cm³/mol. The van der Waals surface area contributed by atoms with E-state index >= 15 is 0 Å². The topological polar surface area (TPSA) is 44.8 Å². The number of hydrogen-bond acceptors (Lipinski definition) is 4. The molecule has 1 aliphatic heterocycles. The van der Waals surface area contributed by atoms with Crippen LogP contribution in [0.25, 0.3) is 0 Å². The Morgan fingerprint density at radius 1 is 1.38 bits per heavy atom. The van der Waals surface area contributed by atoms with Crippen LogP contribution >= 0.6 is 0 Å². The zero-order chi connectivity index (χ0) is 11.5. The van der Waals surface area contributed by atoms with E-state index < -0.39 is 0 Å². The summed E-state index contributed by atoms with van der Waals surface area (Å²) in [5.41, 5.74) is 1.93. The van der Waals surface area contributed by atoms with Crippen LogP contribution in [0.2, 0.25) is 0 Å². The minimum atomic E-state index is -0.218. The number of hydrogen-bond donors (Lipinski definition) is 0. The number of benzene rings is 1. The van der Waals surface area contributed by atoms with E-state index in [1.54, 1.807) is 6.92 Å². The zero-order valence-electron chi connectivity index (χ0n) is 9.41. The fourth-order valence-electron chi connectivity index (χ4n) is 1.64. The van der Waals surface area contributed by atoms with Gasteiger partial charge in [0.1, 0.15) is 0 Å². The molecule has 1 aromatic carbocycles. The van der Waals surface area contributed by atoms with Crippen LogP contribution in [0.5, 0.6) is 11.5 Å². The van der Waals surface area contributed by atoms with Crippen LogP contribution in [0, 0.1) is 6.92 Å². The SMILES string of the molecule is CCOC(=O)Cc1cc2c(cc1C)OCO2. The van der Waals surface area contributed by atoms with Gasteiger partial charge in [0, 0.05) is 0 Å². The third-order valence-corrected chi connectivity index (χ3v) is 2.47. The molecule has 0 spiro atoms. The van der Waals surface area contributed by atoms with Crippen LogP contribution < -0.4 is 9.47 Å². The second kappa shape index (κ2) is 4.43. The maximum Gasteiger partial charge on any atom is 0.310 e. The van der Waals surface area contributed by atoms with Crippen molar-refractivity contribution in [3.05, 3.63) is 23.3 Å². The Morgan fingerprint density at radius 3 is 2.75 bits per heavy atom. The van der Waals surface area contributed by atoms with Gasteiger partial charge in [-0.25, -0.2) is 0 Å². The van der Waals surface area contributed by atoms with Crippen molar-refractivity contribution in [3.8, 4) is 11.5 Å². The Bertz CT molecular complexity index is 412. The largest absolute Gasteiger partial charge is 0.466 e. The lowest BCUT2D eigenvalue weighted by Crippen LogP contribution is -2.08. The van der Waals surface area contributed by atoms with E-state index in [1.165, 1.54) is 0 Å². The highest BCUT2D eigenvalue weighted by Gasteiger charge is 2.17. The Kier molecular flexibility index (Phi) is 2.99. The third kappa shape index (κ3) is 2.10. The molecule has 0 bridgehead atoms. The standard InChI is InChI=1S/C12H14O4/c1-3-14-12(13)6-9-5-11-10(4-8(9)2)15-7-16-11/h4-5H,3,6-7H2,1-2H3. The summed E-state index contributed by atoms with van der Waals surface area (Å²) in [6.07, 6.45) is 0.274. The summed E-state index contributed by atoms with van der Waals surface area (Å²) in [5.74, 6) is 1.22. The van der Waals surface area contributed by atoms with Crippen LogP contribution in [-0.4, -0.2) is 19.4 Å². The van der Waals surface area contributed by atoms with Gasteiger partial charge in [-0.3, -0.25) is 4.79 Å². The second-order valence-electron chi connectivity index (χ2n) is 3.61. The summed E-state index contributed by atoms with van der Waals surface area (Å²) in [6.45, 7) is 4.39. The van der Waals surface area contributed by atoms with Gasteiger partial charge in [0.05, 0.1) is 13.0 Å². The minimum absolute atomic E-state index is 0.218. The van der Waals surface area contributed by atoms with Crippen LogP contribution in [0.3, 0.4) is 0 Å². The van der Waals surface area contributed by atoms with E-state index in [0.717, 1.165) is 16.9 Å². The Morgan fingerprint density at radius 2 is 2.06 bits per heavy atom. The molecular formula is C12H14O4. The van der Waals surface area contributed by atoms with Crippen LogP contribution in [0.4, 0.5) is 0 Å². The van der Waals surface area contributed by atoms with Gasteiger partial charge < -0.3 is 14.2 Å². The van der Waals surface area contributed by atoms with E-state index in [0.29, 0.717) is 12.4 Å². The van der Waals surface area contributed by atoms with Gasteiger partial charge in [-0.15, -0.1) is 0 Å². The number of fused-ring (bicyclic) bond motifs is 1. The van der Waals surface area contributed by atoms with Gasteiger partial charge in [0.2, 0.25) is 6.79 Å². The second-order valence-corrected chi connectivity index (χ2v) is 3.61. The molecule has 0 N–H and O–H groups in total. The molecule has 1 aromatic rings. The van der Waals surface area contributed by atoms with Crippen molar-refractivity contribution in [2.75, 3.05) is 13.4 Å². The molecule has 0 atom stereocenters. The molecule has 1 heterocycles. The minimum Gasteiger partial charge on any atom is -0.466 e. The molecule has 86 valence electrons. The van der Waals surface area contributed by atoms with Crippen molar-refractivity contribution in [2.45, 2.75) is 20.3 Å². The molecule has 0 aromatic heterocycles. The molecular weight excluding hydrogens is 208 g/mol. The summed E-state index contributed by atoms with van der Waals surface area (Å²) in [5, 5.41) is 0. The lowest BCUT2D eigenvalue weighted by Gasteiger charge is -2.07. The van der Waals surface area contributed by atoms with E-state index in [4.69, 9.17) is 14.2 Å². The number of rotatable bonds is 3. The molecule has 0 radical (unpaired) electrons. The highest BCUT2D eigenvalue weighted by Crippen LogP contribution is 2.34. The zero-order valence-corrected chi connectivity index (χ0v) is 9.41. The van der Waals surface area contributed by atoms with E-state index in [9.17, 15) is 4.79 Å². The van der Waals surface area contributed by atoms with Gasteiger partial charge in [-0.1, -0.05) is 0 Å². The highest BCUT2D eigenvalue weighted by atomic mass is 16.7. The summed E-state index contributed by atoms with van der Waals surface area (Å²) in [7, 11) is 0. The lowest BCUT2D eigenvalue weighted by molar-refractivity contribution is -0.142. The molecule has 4 nitrogen and oxygen atoms in total. The molecule has 0 fully saturated rings. The number of carbonyl (C=O) groups excluding carboxylic acids is 1. The van der Waals surface area contributed by atoms with Crippen molar-refractivity contribution < 1.29 is 19.0 Å². The van der Waals surface area contributed by atoms with Crippen molar-refractivity contribution in [1.29, 1.82) is 0 Å². The summed E-state index contributed by atoms with van der Waals surface area (Å²) in [4.78, 5) is 11.4. The molecule has 0 unspecified atom stereocenters. The number of esters is 1. The third-order valence-electron chi connectivity index (χ3n) is 2.47. The normalized spacial score (nSPS) is 12.6. The summed E-state index contributed by atoms with van der Waals surface area (Å²) in [6, 6.07) is 3.73. The first-order valence-electron chi connectivity index (χ1n) is 5.25. The summed E-state index contributed by atoms with van der Waals surface area (Å²) < 4.78 is 15.4. The average Bonchev–Trinajstić information content (AvgIpc) is 2.65. The van der Waals surface area contributed by atoms with E-state index in [-0.39, 0.29) is 19.2 Å². The molecule has 4 heteroatoms. The molecule has 16 heavy (non-hydrogen) atoms. The summed E-state index contributed by atoms with van der Waals surface area (Å²) >= 11 is 0. The molecule has 0 saturated carbocycles. The monoisotopic (exact) mass is 222 g/mol. The van der Waals surface area contributed by atoms with Crippen molar-refractivity contribution in [2.24, 2.45) is 0 Å². The fourth-order valence-corrected chi connectivity index (χ4v) is 1.64. The fraction of sp³-hybridized carbons (Fsp3) is 0.417. The molecule has 0 saturated heterocycles. The molecule has 0 amide bonds. The highest BCUT2D eigenvalue weighted by molar-refractivity contribution is 5.73. The first-order chi connectivity index (χ1) is 7.70. The van der Waals surface area contributed by atoms with Crippen molar-refractivity contribution in [3.63, 3.8) is 0 Å². The molecule has 0 aliphatic carbocycles. The van der Waals surface area contributed by atoms with Crippen LogP contribution in [-0.2, 0) is 16.0 Å². The van der Waals surface area contributed by atoms with Gasteiger partial charge in [0.15, 0.2) is 11.5 Å². The molecule has 2 rings (SSSR count). The van der Waals surface area contributed by atoms with Crippen LogP contribution in [0.15, 0.2) is 12.1 Å². The van der Waals surface area contributed by atoms with Gasteiger partial charge in [-0.2, -0.15) is 0 Å². The van der Waals surface area contributed by atoms with Crippen LogP contribution in [0.1, 0.15) is 18.1 Å². The van der Waals surface area contributed by atoms with Crippen molar-refractivity contribution >= 4 is 5.97 Å². The number of ether oxygens (including phenoxy) is 3. The maximum atomic E-state index is 11.4. The van der Waals surface area contributed by atoms with Gasteiger partial charge >= 0.3 is 5.97 Å². The predicted octanol–water partition coefficient (Wildman–Crippen LogP) is 1.83. The first-order valence-corrected chi connectivity index (χ1v) is 5.25. The van der Waals surface area contributed by atoms with Gasteiger partial charge in [-0.05, 0) is 37.1 Å². The first kappa shape index (κ1) is 10.8. The molecule has 1 aliphatic rings. The van der Waals surface area contributed by atoms with E-state index in [2.05, 4.69) is 0 Å². The van der Waals surface area contributed by atoms with Gasteiger partial charge in [0.25, 0.3) is 0 Å². The lowest BCUT2D eigenvalue weighted by atomic mass is 10.0. The number of aryl methyl sites for hydroxylation is 1. The Balaban J connectivity index is 2.18. The maximum absolute atomic E-state index is 11.4. The van der Waals surface area contributed by atoms with E-state index in [1.807, 2.05) is 19.1 Å². The quantitative estimate of drug-likeness (QED) is 0.732. The number of carbonyl (C=O) groups is 1. The Hall–Kier alpha value is -1.71. The smallest absolute Gasteiger partial charge is 0.310 e. The average molecular weight is 222 g/mol.